The fraction of sp³-hybridized carbons (Fsp3) is 0.827. The minimum Gasteiger partial charge on any atom is -0.497 e. The molecule has 0 unspecified atom stereocenters. The summed E-state index contributed by atoms with van der Waals surface area (Å²) in [5, 5.41) is 10.1. The Morgan fingerprint density at radius 3 is 0.473 bits per heavy atom. The smallest absolute Gasteiger partial charge is 0.203 e. The summed E-state index contributed by atoms with van der Waals surface area (Å²) in [5.74, 6) is 7.63. The Kier molecular flexibility index (Phi) is 103. The number of benzene rings is 4. The Morgan fingerprint density at radius 1 is 0.160 bits per heavy atom. The van der Waals surface area contributed by atoms with Gasteiger partial charge in [-0.05, 0) is 104 Å². The SMILES string of the molecule is CCCCCCCCCCCCCCCCCCOc1cc(COc2cc(OC)ccc2CC)cc(OCCCCCCCCCCCCCCCCCC)c1OCCCCCCCCCCCCCCCCCC.CCCCCCCCCCCCCCCCCCOc1cc(COc2cc(OC)ccc2CO)cc(OCCCCCCCCCCCCCCCCCC)c1OCCCCCCCCCCCCCCCCCC. The first kappa shape index (κ1) is 139. The van der Waals surface area contributed by atoms with Crippen molar-refractivity contribution in [3.8, 4) is 57.5 Å². The minimum atomic E-state index is -0.104. The molecule has 0 aliphatic heterocycles. The minimum absolute atomic E-state index is 0.104. The van der Waals surface area contributed by atoms with Crippen LogP contribution in [0.15, 0.2) is 60.7 Å². The molecule has 0 heterocycles. The molecule has 0 bridgehead atoms. The predicted molar refractivity (Wildman–Crippen MR) is 653 cm³/mol. The molecule has 4 aromatic rings. The molecule has 872 valence electrons. The Hall–Kier alpha value is -5.16. The lowest BCUT2D eigenvalue weighted by molar-refractivity contribution is 0.231. The van der Waals surface area contributed by atoms with E-state index in [9.17, 15) is 5.11 Å². The van der Waals surface area contributed by atoms with Crippen LogP contribution in [0.25, 0.3) is 0 Å². The Bertz CT molecular complexity index is 3080. The molecular formula is C139H250O11. The van der Waals surface area contributed by atoms with E-state index in [0.717, 1.165) is 108 Å². The number of methoxy groups -OCH3 is 2. The molecule has 0 atom stereocenters. The van der Waals surface area contributed by atoms with Crippen molar-refractivity contribution in [2.24, 2.45) is 0 Å². The lowest BCUT2D eigenvalue weighted by Crippen LogP contribution is -2.08. The van der Waals surface area contributed by atoms with Crippen LogP contribution in [-0.2, 0) is 26.2 Å². The first-order chi connectivity index (χ1) is 74.3. The number of rotatable bonds is 118. The number of aliphatic hydroxyl groups is 1. The fourth-order valence-corrected chi connectivity index (χ4v) is 21.5. The highest BCUT2D eigenvalue weighted by Crippen LogP contribution is 2.43. The molecule has 0 saturated carbocycles. The van der Waals surface area contributed by atoms with Gasteiger partial charge in [0.1, 0.15) is 36.2 Å². The zero-order valence-electron chi connectivity index (χ0n) is 101. The van der Waals surface area contributed by atoms with E-state index in [2.05, 4.69) is 78.8 Å². The van der Waals surface area contributed by atoms with Gasteiger partial charge in [0.15, 0.2) is 23.0 Å². The largest absolute Gasteiger partial charge is 0.497 e. The summed E-state index contributed by atoms with van der Waals surface area (Å²) in [6, 6.07) is 20.2. The van der Waals surface area contributed by atoms with Gasteiger partial charge in [-0.3, -0.25) is 0 Å². The van der Waals surface area contributed by atoms with Gasteiger partial charge < -0.3 is 52.5 Å². The molecule has 150 heavy (non-hydrogen) atoms. The lowest BCUT2D eigenvalue weighted by atomic mass is 10.0. The van der Waals surface area contributed by atoms with Gasteiger partial charge in [-0.25, -0.2) is 0 Å². The molecule has 0 saturated heterocycles. The molecule has 0 amide bonds. The van der Waals surface area contributed by atoms with Gasteiger partial charge in [0.2, 0.25) is 11.5 Å². The van der Waals surface area contributed by atoms with Crippen LogP contribution in [-0.4, -0.2) is 59.0 Å². The molecule has 11 heteroatoms. The van der Waals surface area contributed by atoms with Crippen molar-refractivity contribution >= 4 is 0 Å². The van der Waals surface area contributed by atoms with Gasteiger partial charge in [0.05, 0.1) is 60.5 Å². The summed E-state index contributed by atoms with van der Waals surface area (Å²) in [7, 11) is 3.37. The van der Waals surface area contributed by atoms with Crippen molar-refractivity contribution < 1.29 is 52.5 Å². The average Bonchev–Trinajstić information content (AvgIpc) is 0.819. The zero-order chi connectivity index (χ0) is 107. The molecular weight excluding hydrogens is 1850 g/mol. The molecule has 0 aliphatic rings. The molecule has 4 aromatic carbocycles. The number of aryl methyl sites for hydroxylation is 1. The third-order valence-corrected chi connectivity index (χ3v) is 31.6. The van der Waals surface area contributed by atoms with E-state index < -0.39 is 0 Å². The van der Waals surface area contributed by atoms with Gasteiger partial charge in [0, 0.05) is 17.7 Å². The highest BCUT2D eigenvalue weighted by atomic mass is 16.6. The van der Waals surface area contributed by atoms with Gasteiger partial charge in [-0.1, -0.05) is 632 Å². The maximum absolute atomic E-state index is 10.1. The number of unbranched alkanes of at least 4 members (excludes halogenated alkanes) is 90. The van der Waals surface area contributed by atoms with Crippen LogP contribution in [0.4, 0.5) is 0 Å². The van der Waals surface area contributed by atoms with Crippen molar-refractivity contribution in [2.75, 3.05) is 53.9 Å². The van der Waals surface area contributed by atoms with Crippen molar-refractivity contribution in [3.63, 3.8) is 0 Å². The second kappa shape index (κ2) is 111. The third kappa shape index (κ3) is 84.1. The van der Waals surface area contributed by atoms with Crippen LogP contribution in [0.3, 0.4) is 0 Å². The Labute approximate surface area is 932 Å². The summed E-state index contributed by atoms with van der Waals surface area (Å²) >= 11 is 0. The lowest BCUT2D eigenvalue weighted by Gasteiger charge is -2.19. The number of hydrogen-bond donors (Lipinski definition) is 1. The van der Waals surface area contributed by atoms with Crippen molar-refractivity contribution in [1.29, 1.82) is 0 Å². The Morgan fingerprint density at radius 2 is 0.313 bits per heavy atom. The number of aliphatic hydroxyl groups excluding tert-OH is 1. The standard InChI is InChI=1S/C70H126O5.C69H124O6/c1-6-10-13-16-19-22-25-28-31-34-37-40-43-46-49-52-57-72-68-60-64(63-75-67-62-66(71-5)56-55-65(67)9-4)61-69(73-58-53-50-47-44-41-38-35-32-29-26-23-20-17-14-11-7-2)70(68)74-59-54-51-48-45-42-39-36-33-30-27-24-21-18-15-12-8-3;1-5-8-11-14-17-20-23-26-29-32-35-38-41-44-47-50-55-72-67-58-63(62-75-66-60-65(71-4)54-53-64(66)61-70)59-68(73-56-51-48-45-42-39-36-33-30-27-24-21-18-15-12-9-6-2)69(67)74-57-52-49-46-43-40-37-34-31-28-25-22-19-16-13-10-7-3/h55-56,60-62H,6-54,57-59,63H2,1-5H3;53-54,58-60,70H,5-52,55-57,61-62H2,1-4H3. The zero-order valence-corrected chi connectivity index (χ0v) is 101. The second-order valence-corrected chi connectivity index (χ2v) is 45.8. The molecule has 11 nitrogen and oxygen atoms in total. The Balaban J connectivity index is 0.000000770. The number of ether oxygens (including phenoxy) is 10. The van der Waals surface area contributed by atoms with Crippen LogP contribution >= 0.6 is 0 Å². The topological polar surface area (TPSA) is 113 Å². The predicted octanol–water partition coefficient (Wildman–Crippen LogP) is 46.4. The van der Waals surface area contributed by atoms with Gasteiger partial charge in [0.25, 0.3) is 0 Å². The van der Waals surface area contributed by atoms with Crippen LogP contribution in [0.5, 0.6) is 57.5 Å². The van der Waals surface area contributed by atoms with E-state index in [1.807, 2.05) is 30.3 Å². The summed E-state index contributed by atoms with van der Waals surface area (Å²) in [6.45, 7) is 20.6. The van der Waals surface area contributed by atoms with Gasteiger partial charge in [-0.15, -0.1) is 0 Å². The number of hydrogen-bond acceptors (Lipinski definition) is 11. The van der Waals surface area contributed by atoms with E-state index in [1.54, 1.807) is 14.2 Å². The molecule has 1 N–H and O–H groups in total. The van der Waals surface area contributed by atoms with E-state index in [-0.39, 0.29) is 6.61 Å². The van der Waals surface area contributed by atoms with Crippen LogP contribution < -0.4 is 47.4 Å². The van der Waals surface area contributed by atoms with Crippen LogP contribution in [0.1, 0.15) is 687 Å². The third-order valence-electron chi connectivity index (χ3n) is 31.6. The molecule has 4 rings (SSSR count). The van der Waals surface area contributed by atoms with Crippen molar-refractivity contribution in [2.45, 2.75) is 691 Å². The maximum Gasteiger partial charge on any atom is 0.203 e. The fourth-order valence-electron chi connectivity index (χ4n) is 21.5. The summed E-state index contributed by atoms with van der Waals surface area (Å²) in [6.07, 6.45) is 131. The second-order valence-electron chi connectivity index (χ2n) is 45.8. The maximum atomic E-state index is 10.1. The highest BCUT2D eigenvalue weighted by molar-refractivity contribution is 5.55. The molecule has 0 aromatic heterocycles. The van der Waals surface area contributed by atoms with Gasteiger partial charge in [-0.2, -0.15) is 0 Å². The first-order valence-corrected chi connectivity index (χ1v) is 66.6. The normalized spacial score (nSPS) is 11.4. The molecule has 0 fully saturated rings. The highest BCUT2D eigenvalue weighted by Gasteiger charge is 2.21. The van der Waals surface area contributed by atoms with E-state index in [4.69, 9.17) is 47.4 Å². The van der Waals surface area contributed by atoms with Gasteiger partial charge >= 0.3 is 0 Å². The van der Waals surface area contributed by atoms with Crippen molar-refractivity contribution in [1.82, 2.24) is 0 Å². The monoisotopic (exact) mass is 2100 g/mol. The van der Waals surface area contributed by atoms with Crippen molar-refractivity contribution in [3.05, 3.63) is 82.9 Å². The van der Waals surface area contributed by atoms with Crippen LogP contribution in [0, 0.1) is 0 Å². The summed E-state index contributed by atoms with van der Waals surface area (Å²) < 4.78 is 64.2. The van der Waals surface area contributed by atoms with E-state index in [1.165, 1.54) is 583 Å². The molecule has 0 aliphatic carbocycles. The van der Waals surface area contributed by atoms with E-state index >= 15 is 0 Å². The average molecular weight is 2100 g/mol. The van der Waals surface area contributed by atoms with Crippen LogP contribution in [0.2, 0.25) is 0 Å². The van der Waals surface area contributed by atoms with E-state index in [0.29, 0.717) is 64.4 Å². The molecule has 0 radical (unpaired) electrons. The first-order valence-electron chi connectivity index (χ1n) is 66.6. The quantitative estimate of drug-likeness (QED) is 0.0427. The summed E-state index contributed by atoms with van der Waals surface area (Å²) in [5.41, 5.74) is 3.91. The summed E-state index contributed by atoms with van der Waals surface area (Å²) in [4.78, 5) is 0. The molecule has 0 spiro atoms.